The van der Waals surface area contributed by atoms with E-state index in [1.54, 1.807) is 0 Å². The first-order valence-electron chi connectivity index (χ1n) is 8.06. The number of piperidine rings is 1. The Kier molecular flexibility index (Phi) is 3.61. The third-order valence-corrected chi connectivity index (χ3v) is 4.89. The van der Waals surface area contributed by atoms with Crippen molar-refractivity contribution in [3.8, 4) is 11.5 Å². The highest BCUT2D eigenvalue weighted by molar-refractivity contribution is 5.80. The lowest BCUT2D eigenvalue weighted by Gasteiger charge is -2.30. The number of likely N-dealkylation sites (tertiary alicyclic amines) is 2. The van der Waals surface area contributed by atoms with E-state index in [9.17, 15) is 4.79 Å². The van der Waals surface area contributed by atoms with Gasteiger partial charge < -0.3 is 9.32 Å². The van der Waals surface area contributed by atoms with E-state index in [1.807, 2.05) is 42.3 Å². The molecule has 1 amide bonds. The Morgan fingerprint density at radius 1 is 1.22 bits per heavy atom. The van der Waals surface area contributed by atoms with Gasteiger partial charge in [0.15, 0.2) is 0 Å². The summed E-state index contributed by atoms with van der Waals surface area (Å²) >= 11 is 0. The minimum Gasteiger partial charge on any atom is -0.419 e. The van der Waals surface area contributed by atoms with Crippen LogP contribution < -0.4 is 0 Å². The van der Waals surface area contributed by atoms with Crippen molar-refractivity contribution in [3.05, 3.63) is 36.2 Å². The van der Waals surface area contributed by atoms with Gasteiger partial charge in [-0.25, -0.2) is 0 Å². The number of carbonyl (C=O) groups excluding carboxylic acids is 1. The zero-order valence-electron chi connectivity index (χ0n) is 13.2. The second kappa shape index (κ2) is 5.77. The normalized spacial score (nSPS) is 24.9. The van der Waals surface area contributed by atoms with Gasteiger partial charge in [0.1, 0.15) is 0 Å². The zero-order chi connectivity index (χ0) is 15.8. The van der Waals surface area contributed by atoms with Crippen LogP contribution in [0.15, 0.2) is 34.7 Å². The second-order valence-electron chi connectivity index (χ2n) is 6.48. The Labute approximate surface area is 135 Å². The van der Waals surface area contributed by atoms with Gasteiger partial charge in [-0.2, -0.15) is 0 Å². The van der Waals surface area contributed by atoms with Gasteiger partial charge in [0, 0.05) is 32.2 Å². The fourth-order valence-electron chi connectivity index (χ4n) is 3.62. The highest BCUT2D eigenvalue weighted by Gasteiger charge is 2.41. The van der Waals surface area contributed by atoms with Crippen molar-refractivity contribution in [1.82, 2.24) is 20.0 Å². The van der Waals surface area contributed by atoms with Gasteiger partial charge in [-0.1, -0.05) is 18.2 Å². The molecule has 0 N–H and O–H groups in total. The minimum absolute atomic E-state index is 0.130. The number of fused-ring (bicyclic) bond motifs is 1. The molecule has 2 aliphatic rings. The molecule has 0 saturated carbocycles. The van der Waals surface area contributed by atoms with Gasteiger partial charge in [0.05, 0.1) is 12.5 Å². The van der Waals surface area contributed by atoms with Gasteiger partial charge in [-0.3, -0.25) is 9.69 Å². The maximum atomic E-state index is 12.2. The molecule has 2 fully saturated rings. The van der Waals surface area contributed by atoms with E-state index in [-0.39, 0.29) is 11.8 Å². The predicted molar refractivity (Wildman–Crippen MR) is 84.2 cm³/mol. The topological polar surface area (TPSA) is 62.5 Å². The maximum absolute atomic E-state index is 12.2. The van der Waals surface area contributed by atoms with E-state index >= 15 is 0 Å². The quantitative estimate of drug-likeness (QED) is 0.862. The van der Waals surface area contributed by atoms with Gasteiger partial charge in [0.25, 0.3) is 0 Å². The summed E-state index contributed by atoms with van der Waals surface area (Å²) in [5.41, 5.74) is 0.929. The van der Waals surface area contributed by atoms with Gasteiger partial charge >= 0.3 is 0 Å². The Bertz CT molecular complexity index is 700. The molecule has 1 aromatic carbocycles. The van der Waals surface area contributed by atoms with Crippen LogP contribution in [0, 0.1) is 11.8 Å². The van der Waals surface area contributed by atoms with Gasteiger partial charge in [-0.15, -0.1) is 10.2 Å². The molecule has 4 rings (SSSR count). The van der Waals surface area contributed by atoms with Crippen molar-refractivity contribution in [2.45, 2.75) is 13.0 Å². The molecule has 2 aliphatic heterocycles. The molecule has 23 heavy (non-hydrogen) atoms. The van der Waals surface area contributed by atoms with Crippen LogP contribution in [-0.2, 0) is 11.3 Å². The molecule has 6 nitrogen and oxygen atoms in total. The van der Waals surface area contributed by atoms with Crippen LogP contribution in [0.1, 0.15) is 12.3 Å². The Hall–Kier alpha value is -2.21. The smallest absolute Gasteiger partial charge is 0.247 e. The first kappa shape index (κ1) is 14.4. The number of rotatable bonds is 3. The maximum Gasteiger partial charge on any atom is 0.247 e. The number of hydrogen-bond donors (Lipinski definition) is 0. The average Bonchev–Trinajstić information content (AvgIpc) is 3.19. The SMILES string of the molecule is CN1CCC2CN(Cc3nnc(-c4ccccc4)o3)CC2C1=O. The molecule has 0 bridgehead atoms. The van der Waals surface area contributed by atoms with Crippen LogP contribution in [0.5, 0.6) is 0 Å². The van der Waals surface area contributed by atoms with Crippen LogP contribution in [0.2, 0.25) is 0 Å². The number of hydrogen-bond acceptors (Lipinski definition) is 5. The standard InChI is InChI=1S/C17H20N4O2/c1-20-8-7-13-9-21(10-14(13)17(20)22)11-15-18-19-16(23-15)12-5-3-2-4-6-12/h2-6,13-14H,7-11H2,1H3. The Balaban J connectivity index is 1.44. The number of benzene rings is 1. The lowest BCUT2D eigenvalue weighted by Crippen LogP contribution is -2.42. The van der Waals surface area contributed by atoms with Crippen molar-refractivity contribution in [2.24, 2.45) is 11.8 Å². The molecule has 2 saturated heterocycles. The first-order chi connectivity index (χ1) is 11.2. The van der Waals surface area contributed by atoms with Crippen molar-refractivity contribution < 1.29 is 9.21 Å². The minimum atomic E-state index is 0.130. The molecule has 1 aromatic heterocycles. The Morgan fingerprint density at radius 2 is 2.04 bits per heavy atom. The van der Waals surface area contributed by atoms with E-state index in [1.165, 1.54) is 0 Å². The molecule has 6 heteroatoms. The van der Waals surface area contributed by atoms with Gasteiger partial charge in [0.2, 0.25) is 17.7 Å². The summed E-state index contributed by atoms with van der Waals surface area (Å²) in [6.45, 7) is 3.21. The molecule has 0 spiro atoms. The second-order valence-corrected chi connectivity index (χ2v) is 6.48. The third-order valence-electron chi connectivity index (χ3n) is 4.89. The van der Waals surface area contributed by atoms with Crippen LogP contribution in [0.3, 0.4) is 0 Å². The fraction of sp³-hybridized carbons (Fsp3) is 0.471. The van der Waals surface area contributed by atoms with E-state index in [0.717, 1.165) is 31.6 Å². The van der Waals surface area contributed by atoms with Gasteiger partial charge in [-0.05, 0) is 24.5 Å². The largest absolute Gasteiger partial charge is 0.419 e. The summed E-state index contributed by atoms with van der Waals surface area (Å²) in [5, 5.41) is 8.28. The summed E-state index contributed by atoms with van der Waals surface area (Å²) < 4.78 is 5.77. The number of amides is 1. The Morgan fingerprint density at radius 3 is 2.87 bits per heavy atom. The van der Waals surface area contributed by atoms with Crippen LogP contribution in [0.4, 0.5) is 0 Å². The average molecular weight is 312 g/mol. The summed E-state index contributed by atoms with van der Waals surface area (Å²) in [7, 11) is 1.89. The van der Waals surface area contributed by atoms with E-state index in [0.29, 0.717) is 24.2 Å². The van der Waals surface area contributed by atoms with E-state index < -0.39 is 0 Å². The van der Waals surface area contributed by atoms with E-state index in [4.69, 9.17) is 4.42 Å². The predicted octanol–water partition coefficient (Wildman–Crippen LogP) is 1.65. The highest BCUT2D eigenvalue weighted by Crippen LogP contribution is 2.32. The van der Waals surface area contributed by atoms with Crippen LogP contribution in [0.25, 0.3) is 11.5 Å². The number of carbonyl (C=O) groups is 1. The van der Waals surface area contributed by atoms with Crippen LogP contribution >= 0.6 is 0 Å². The molecule has 0 aliphatic carbocycles. The molecule has 3 heterocycles. The monoisotopic (exact) mass is 312 g/mol. The molecule has 2 aromatic rings. The third kappa shape index (κ3) is 2.74. The van der Waals surface area contributed by atoms with Crippen molar-refractivity contribution in [2.75, 3.05) is 26.7 Å². The van der Waals surface area contributed by atoms with Crippen molar-refractivity contribution in [3.63, 3.8) is 0 Å². The van der Waals surface area contributed by atoms with E-state index in [2.05, 4.69) is 15.1 Å². The molecular weight excluding hydrogens is 292 g/mol. The lowest BCUT2D eigenvalue weighted by atomic mass is 9.88. The summed E-state index contributed by atoms with van der Waals surface area (Å²) in [5.74, 6) is 2.04. The molecule has 120 valence electrons. The van der Waals surface area contributed by atoms with Crippen molar-refractivity contribution >= 4 is 5.91 Å². The first-order valence-corrected chi connectivity index (χ1v) is 8.06. The summed E-state index contributed by atoms with van der Waals surface area (Å²) in [6.07, 6.45) is 1.09. The number of aromatic nitrogens is 2. The van der Waals surface area contributed by atoms with Crippen LogP contribution in [-0.4, -0.2) is 52.6 Å². The molecule has 2 atom stereocenters. The zero-order valence-corrected chi connectivity index (χ0v) is 13.2. The highest BCUT2D eigenvalue weighted by atomic mass is 16.4. The summed E-state index contributed by atoms with van der Waals surface area (Å²) in [4.78, 5) is 16.4. The number of nitrogens with zero attached hydrogens (tertiary/aromatic N) is 4. The molecular formula is C17H20N4O2. The molecule has 0 radical (unpaired) electrons. The van der Waals surface area contributed by atoms with Crippen molar-refractivity contribution in [1.29, 1.82) is 0 Å². The summed E-state index contributed by atoms with van der Waals surface area (Å²) in [6, 6.07) is 9.77. The fourth-order valence-corrected chi connectivity index (χ4v) is 3.62. The lowest BCUT2D eigenvalue weighted by molar-refractivity contribution is -0.137. The molecule has 2 unspecified atom stereocenters.